The van der Waals surface area contributed by atoms with Gasteiger partial charge in [0.1, 0.15) is 5.37 Å². The summed E-state index contributed by atoms with van der Waals surface area (Å²) in [6, 6.07) is 0.211. The normalized spacial score (nSPS) is 40.1. The Hall–Kier alpha value is -0.510. The van der Waals surface area contributed by atoms with Crippen molar-refractivity contribution in [3.05, 3.63) is 0 Å². The fourth-order valence-electron chi connectivity index (χ4n) is 2.05. The SMILES string of the molecule is CC=N[C@@H]1C(=O)N2C1SC(C)(C)[C@@H]2C. The van der Waals surface area contributed by atoms with Crippen molar-refractivity contribution in [2.24, 2.45) is 4.99 Å². The predicted octanol–water partition coefficient (Wildman–Crippen LogP) is 1.53. The first kappa shape index (κ1) is 10.0. The van der Waals surface area contributed by atoms with Gasteiger partial charge in [-0.25, -0.2) is 0 Å². The van der Waals surface area contributed by atoms with Gasteiger partial charge in [0, 0.05) is 10.8 Å². The molecule has 3 atom stereocenters. The number of amides is 1. The summed E-state index contributed by atoms with van der Waals surface area (Å²) in [4.78, 5) is 17.9. The second kappa shape index (κ2) is 2.99. The summed E-state index contributed by atoms with van der Waals surface area (Å²) in [6.45, 7) is 8.38. The molecule has 78 valence electrons. The summed E-state index contributed by atoms with van der Waals surface area (Å²) < 4.78 is 0.165. The Morgan fingerprint density at radius 1 is 1.57 bits per heavy atom. The van der Waals surface area contributed by atoms with E-state index in [1.165, 1.54) is 0 Å². The minimum atomic E-state index is -0.116. The molecule has 2 saturated heterocycles. The average Bonchev–Trinajstić information content (AvgIpc) is 2.32. The first-order valence-electron chi connectivity index (χ1n) is 4.97. The second-order valence-electron chi connectivity index (χ2n) is 4.39. The first-order valence-corrected chi connectivity index (χ1v) is 5.85. The van der Waals surface area contributed by atoms with Crippen molar-refractivity contribution in [3.63, 3.8) is 0 Å². The lowest BCUT2D eigenvalue weighted by atomic mass is 9.98. The molecule has 0 N–H and O–H groups in total. The Morgan fingerprint density at radius 2 is 2.21 bits per heavy atom. The monoisotopic (exact) mass is 212 g/mol. The van der Waals surface area contributed by atoms with Crippen LogP contribution in [0.4, 0.5) is 0 Å². The zero-order chi connectivity index (χ0) is 10.5. The summed E-state index contributed by atoms with van der Waals surface area (Å²) in [5.41, 5.74) is 0. The van der Waals surface area contributed by atoms with Gasteiger partial charge in [0.25, 0.3) is 5.91 Å². The Kier molecular flexibility index (Phi) is 2.14. The van der Waals surface area contributed by atoms with Crippen LogP contribution < -0.4 is 0 Å². The molecule has 0 spiro atoms. The lowest BCUT2D eigenvalue weighted by Crippen LogP contribution is -2.62. The van der Waals surface area contributed by atoms with Crippen molar-refractivity contribution >= 4 is 23.9 Å². The summed E-state index contributed by atoms with van der Waals surface area (Å²) in [6.07, 6.45) is 1.73. The van der Waals surface area contributed by atoms with E-state index in [1.807, 2.05) is 23.6 Å². The van der Waals surface area contributed by atoms with Gasteiger partial charge in [-0.2, -0.15) is 0 Å². The molecule has 1 unspecified atom stereocenters. The Bertz CT molecular complexity index is 300. The van der Waals surface area contributed by atoms with Gasteiger partial charge in [-0.3, -0.25) is 9.79 Å². The molecule has 2 heterocycles. The third-order valence-electron chi connectivity index (χ3n) is 3.21. The molecule has 0 aliphatic carbocycles. The number of nitrogens with zero attached hydrogens (tertiary/aromatic N) is 2. The van der Waals surface area contributed by atoms with E-state index < -0.39 is 0 Å². The average molecular weight is 212 g/mol. The highest BCUT2D eigenvalue weighted by Gasteiger charge is 2.59. The maximum atomic E-state index is 11.7. The van der Waals surface area contributed by atoms with Crippen LogP contribution in [0.25, 0.3) is 0 Å². The van der Waals surface area contributed by atoms with Crippen LogP contribution in [0.3, 0.4) is 0 Å². The maximum absolute atomic E-state index is 11.7. The number of β-lactam (4-membered cyclic amide) rings is 1. The van der Waals surface area contributed by atoms with Crippen LogP contribution in [0.15, 0.2) is 4.99 Å². The lowest BCUT2D eigenvalue weighted by molar-refractivity contribution is -0.146. The summed E-state index contributed by atoms with van der Waals surface area (Å²) in [5, 5.41) is 0.281. The van der Waals surface area contributed by atoms with E-state index in [0.717, 1.165) is 0 Å². The minimum absolute atomic E-state index is 0.116. The van der Waals surface area contributed by atoms with Crippen LogP contribution in [-0.4, -0.2) is 39.2 Å². The smallest absolute Gasteiger partial charge is 0.251 e. The van der Waals surface area contributed by atoms with E-state index in [1.54, 1.807) is 6.21 Å². The molecule has 0 radical (unpaired) electrons. The van der Waals surface area contributed by atoms with Crippen LogP contribution in [0.1, 0.15) is 27.7 Å². The van der Waals surface area contributed by atoms with Gasteiger partial charge in [-0.15, -0.1) is 11.8 Å². The van der Waals surface area contributed by atoms with Gasteiger partial charge in [-0.05, 0) is 33.9 Å². The van der Waals surface area contributed by atoms with Crippen LogP contribution in [0.2, 0.25) is 0 Å². The maximum Gasteiger partial charge on any atom is 0.251 e. The van der Waals surface area contributed by atoms with Gasteiger partial charge in [0.15, 0.2) is 6.04 Å². The topological polar surface area (TPSA) is 32.7 Å². The molecule has 0 aromatic rings. The van der Waals surface area contributed by atoms with Gasteiger partial charge < -0.3 is 4.90 Å². The molecular formula is C10H16N2OS. The van der Waals surface area contributed by atoms with Gasteiger partial charge in [0.05, 0.1) is 0 Å². The molecule has 3 nitrogen and oxygen atoms in total. The van der Waals surface area contributed by atoms with E-state index in [4.69, 9.17) is 0 Å². The van der Waals surface area contributed by atoms with Crippen molar-refractivity contribution in [2.75, 3.05) is 0 Å². The summed E-state index contributed by atoms with van der Waals surface area (Å²) in [5.74, 6) is 0.193. The molecule has 0 saturated carbocycles. The third kappa shape index (κ3) is 1.13. The van der Waals surface area contributed by atoms with Crippen molar-refractivity contribution in [3.8, 4) is 0 Å². The molecule has 0 bridgehead atoms. The molecule has 14 heavy (non-hydrogen) atoms. The third-order valence-corrected chi connectivity index (χ3v) is 4.88. The van der Waals surface area contributed by atoms with Crippen molar-refractivity contribution in [1.29, 1.82) is 0 Å². The molecular weight excluding hydrogens is 196 g/mol. The van der Waals surface area contributed by atoms with Crippen molar-refractivity contribution in [2.45, 2.75) is 49.9 Å². The molecule has 2 rings (SSSR count). The summed E-state index contributed by atoms with van der Waals surface area (Å²) >= 11 is 1.87. The molecule has 2 aliphatic heterocycles. The second-order valence-corrected chi connectivity index (χ2v) is 6.16. The quantitative estimate of drug-likeness (QED) is 0.488. The largest absolute Gasteiger partial charge is 0.322 e. The zero-order valence-electron chi connectivity index (χ0n) is 9.02. The fourth-order valence-corrected chi connectivity index (χ4v) is 3.69. The Labute approximate surface area is 89.0 Å². The van der Waals surface area contributed by atoms with E-state index >= 15 is 0 Å². The lowest BCUT2D eigenvalue weighted by Gasteiger charge is -2.41. The van der Waals surface area contributed by atoms with Crippen molar-refractivity contribution < 1.29 is 4.79 Å². The predicted molar refractivity (Wildman–Crippen MR) is 59.7 cm³/mol. The standard InChI is InChI=1S/C10H16N2OS/c1-5-11-7-8(13)12-6(2)10(3,4)14-9(7)12/h5-7,9H,1-4H3/t6-,7+,9?/m0/s1. The minimum Gasteiger partial charge on any atom is -0.322 e. The highest BCUT2D eigenvalue weighted by molar-refractivity contribution is 8.01. The van der Waals surface area contributed by atoms with Crippen molar-refractivity contribution in [1.82, 2.24) is 4.90 Å². The Balaban J connectivity index is 2.20. The van der Waals surface area contributed by atoms with Crippen LogP contribution in [0, 0.1) is 0 Å². The molecule has 2 fully saturated rings. The highest BCUT2D eigenvalue weighted by Crippen LogP contribution is 2.51. The number of carbonyl (C=O) groups is 1. The van der Waals surface area contributed by atoms with E-state index in [0.29, 0.717) is 6.04 Å². The fraction of sp³-hybridized carbons (Fsp3) is 0.800. The number of thioether (sulfide) groups is 1. The number of hydrogen-bond donors (Lipinski definition) is 0. The number of carbonyl (C=O) groups excluding carboxylic acids is 1. The molecule has 1 amide bonds. The summed E-state index contributed by atoms with van der Waals surface area (Å²) in [7, 11) is 0. The van der Waals surface area contributed by atoms with E-state index in [2.05, 4.69) is 25.8 Å². The molecule has 4 heteroatoms. The van der Waals surface area contributed by atoms with E-state index in [9.17, 15) is 4.79 Å². The van der Waals surface area contributed by atoms with Crippen LogP contribution >= 0.6 is 11.8 Å². The van der Waals surface area contributed by atoms with Crippen LogP contribution in [-0.2, 0) is 4.79 Å². The van der Waals surface area contributed by atoms with Gasteiger partial charge in [-0.1, -0.05) is 0 Å². The number of rotatable bonds is 1. The van der Waals surface area contributed by atoms with E-state index in [-0.39, 0.29) is 22.1 Å². The molecule has 0 aromatic heterocycles. The first-order chi connectivity index (χ1) is 6.49. The van der Waals surface area contributed by atoms with Gasteiger partial charge in [0.2, 0.25) is 0 Å². The molecule has 2 aliphatic rings. The number of fused-ring (bicyclic) bond motifs is 1. The highest BCUT2D eigenvalue weighted by atomic mass is 32.2. The van der Waals surface area contributed by atoms with Gasteiger partial charge >= 0.3 is 0 Å². The van der Waals surface area contributed by atoms with Crippen LogP contribution in [0.5, 0.6) is 0 Å². The molecule has 0 aromatic carbocycles. The number of aliphatic imine (C=N–C) groups is 1. The zero-order valence-corrected chi connectivity index (χ0v) is 9.84. The Morgan fingerprint density at radius 3 is 2.79 bits per heavy atom. The number of hydrogen-bond acceptors (Lipinski definition) is 3.